The Balaban J connectivity index is 1.47. The number of carbonyl (C=O) groups is 1. The highest BCUT2D eigenvalue weighted by molar-refractivity contribution is 7.89. The molecule has 0 bridgehead atoms. The van der Waals surface area contributed by atoms with Crippen LogP contribution in [0.4, 0.5) is 5.69 Å². The highest BCUT2D eigenvalue weighted by Crippen LogP contribution is 2.27. The zero-order valence-electron chi connectivity index (χ0n) is 18.3. The number of aryl methyl sites for hydroxylation is 2. The molecule has 0 atom stereocenters. The maximum absolute atomic E-state index is 13.1. The predicted molar refractivity (Wildman–Crippen MR) is 128 cm³/mol. The van der Waals surface area contributed by atoms with Gasteiger partial charge in [0.1, 0.15) is 5.01 Å². The van der Waals surface area contributed by atoms with Gasteiger partial charge in [0.2, 0.25) is 15.9 Å². The Bertz CT molecular complexity index is 1230. The van der Waals surface area contributed by atoms with E-state index in [-0.39, 0.29) is 17.2 Å². The van der Waals surface area contributed by atoms with Crippen LogP contribution in [0.25, 0.3) is 10.6 Å². The first-order valence-electron chi connectivity index (χ1n) is 10.7. The van der Waals surface area contributed by atoms with Crippen molar-refractivity contribution in [3.63, 3.8) is 0 Å². The number of nitrogens with zero attached hydrogens (tertiary/aromatic N) is 2. The summed E-state index contributed by atoms with van der Waals surface area (Å²) in [4.78, 5) is 17.5. The molecule has 0 aliphatic carbocycles. The van der Waals surface area contributed by atoms with Gasteiger partial charge in [-0.15, -0.1) is 11.3 Å². The summed E-state index contributed by atoms with van der Waals surface area (Å²) in [7, 11) is -3.57. The second-order valence-electron chi connectivity index (χ2n) is 8.18. The van der Waals surface area contributed by atoms with Crippen LogP contribution < -0.4 is 5.32 Å². The molecular weight excluding hydrogens is 442 g/mol. The van der Waals surface area contributed by atoms with Crippen LogP contribution in [0.3, 0.4) is 0 Å². The molecule has 2 aromatic carbocycles. The standard InChI is InChI=1S/C24H27N3O3S2/c1-17-7-6-8-19(13-17)24-26-21(16-31-24)15-23(28)25-20-10-9-18(2)22(14-20)32(29,30)27-11-4-3-5-12-27/h6-10,13-14,16H,3-5,11-12,15H2,1-2H3,(H,25,28). The molecule has 1 amide bonds. The fraction of sp³-hybridized carbons (Fsp3) is 0.333. The smallest absolute Gasteiger partial charge is 0.243 e. The molecule has 3 aromatic rings. The number of rotatable bonds is 6. The molecule has 1 N–H and O–H groups in total. The molecule has 0 radical (unpaired) electrons. The molecule has 0 unspecified atom stereocenters. The minimum absolute atomic E-state index is 0.129. The quantitative estimate of drug-likeness (QED) is 0.563. The zero-order chi connectivity index (χ0) is 22.7. The van der Waals surface area contributed by atoms with Crippen LogP contribution >= 0.6 is 11.3 Å². The lowest BCUT2D eigenvalue weighted by atomic mass is 10.1. The Morgan fingerprint density at radius 3 is 2.62 bits per heavy atom. The Kier molecular flexibility index (Phi) is 6.74. The third-order valence-corrected chi connectivity index (χ3v) is 8.54. The second-order valence-corrected chi connectivity index (χ2v) is 10.9. The molecule has 1 aliphatic heterocycles. The van der Waals surface area contributed by atoms with E-state index >= 15 is 0 Å². The van der Waals surface area contributed by atoms with Crippen molar-refractivity contribution in [3.05, 3.63) is 64.7 Å². The Labute approximate surface area is 193 Å². The van der Waals surface area contributed by atoms with Crippen molar-refractivity contribution in [2.45, 2.75) is 44.4 Å². The van der Waals surface area contributed by atoms with Gasteiger partial charge in [-0.05, 0) is 50.5 Å². The van der Waals surface area contributed by atoms with E-state index in [0.717, 1.165) is 35.4 Å². The number of piperidine rings is 1. The maximum atomic E-state index is 13.1. The number of anilines is 1. The van der Waals surface area contributed by atoms with E-state index in [4.69, 9.17) is 0 Å². The van der Waals surface area contributed by atoms with Gasteiger partial charge in [0, 0.05) is 29.7 Å². The van der Waals surface area contributed by atoms with Crippen LogP contribution in [0, 0.1) is 13.8 Å². The summed E-state index contributed by atoms with van der Waals surface area (Å²) >= 11 is 1.51. The Morgan fingerprint density at radius 1 is 1.09 bits per heavy atom. The van der Waals surface area contributed by atoms with Crippen molar-refractivity contribution in [3.8, 4) is 10.6 Å². The highest BCUT2D eigenvalue weighted by Gasteiger charge is 2.27. The number of amides is 1. The topological polar surface area (TPSA) is 79.4 Å². The summed E-state index contributed by atoms with van der Waals surface area (Å²) in [6, 6.07) is 13.1. The molecule has 1 aromatic heterocycles. The van der Waals surface area contributed by atoms with Gasteiger partial charge >= 0.3 is 0 Å². The van der Waals surface area contributed by atoms with Gasteiger partial charge in [0.05, 0.1) is 17.0 Å². The van der Waals surface area contributed by atoms with Gasteiger partial charge < -0.3 is 5.32 Å². The van der Waals surface area contributed by atoms with Crippen molar-refractivity contribution >= 4 is 33.0 Å². The first kappa shape index (κ1) is 22.6. The minimum Gasteiger partial charge on any atom is -0.326 e. The molecule has 168 valence electrons. The van der Waals surface area contributed by atoms with Crippen LogP contribution in [0.2, 0.25) is 0 Å². The average Bonchev–Trinajstić information content (AvgIpc) is 3.24. The molecule has 6 nitrogen and oxygen atoms in total. The number of sulfonamides is 1. The predicted octanol–water partition coefficient (Wildman–Crippen LogP) is 4.78. The van der Waals surface area contributed by atoms with Gasteiger partial charge in [-0.3, -0.25) is 4.79 Å². The maximum Gasteiger partial charge on any atom is 0.243 e. The van der Waals surface area contributed by atoms with E-state index in [0.29, 0.717) is 30.0 Å². The minimum atomic E-state index is -3.57. The lowest BCUT2D eigenvalue weighted by Crippen LogP contribution is -2.36. The van der Waals surface area contributed by atoms with Crippen molar-refractivity contribution < 1.29 is 13.2 Å². The van der Waals surface area contributed by atoms with Crippen LogP contribution in [-0.2, 0) is 21.2 Å². The van der Waals surface area contributed by atoms with Crippen LogP contribution in [-0.4, -0.2) is 36.7 Å². The summed E-state index contributed by atoms with van der Waals surface area (Å²) < 4.78 is 27.8. The van der Waals surface area contributed by atoms with Crippen LogP contribution in [0.1, 0.15) is 36.1 Å². The van der Waals surface area contributed by atoms with E-state index < -0.39 is 10.0 Å². The largest absolute Gasteiger partial charge is 0.326 e. The summed E-state index contributed by atoms with van der Waals surface area (Å²) in [5.41, 5.74) is 4.04. The van der Waals surface area contributed by atoms with E-state index in [9.17, 15) is 13.2 Å². The van der Waals surface area contributed by atoms with Crippen molar-refractivity contribution in [1.82, 2.24) is 9.29 Å². The van der Waals surface area contributed by atoms with Gasteiger partial charge in [0.15, 0.2) is 0 Å². The first-order valence-corrected chi connectivity index (χ1v) is 13.1. The monoisotopic (exact) mass is 469 g/mol. The first-order chi connectivity index (χ1) is 15.3. The van der Waals surface area contributed by atoms with Crippen molar-refractivity contribution in [2.24, 2.45) is 0 Å². The van der Waals surface area contributed by atoms with E-state index in [1.54, 1.807) is 29.4 Å². The fourth-order valence-electron chi connectivity index (χ4n) is 3.87. The highest BCUT2D eigenvalue weighted by atomic mass is 32.2. The number of hydrogen-bond donors (Lipinski definition) is 1. The molecular formula is C24H27N3O3S2. The molecule has 8 heteroatoms. The number of aromatic nitrogens is 1. The molecule has 32 heavy (non-hydrogen) atoms. The van der Waals surface area contributed by atoms with Gasteiger partial charge in [-0.1, -0.05) is 36.2 Å². The molecule has 1 saturated heterocycles. The lowest BCUT2D eigenvalue weighted by Gasteiger charge is -2.26. The SMILES string of the molecule is Cc1cccc(-c2nc(CC(=O)Nc3ccc(C)c(S(=O)(=O)N4CCCCC4)c3)cs2)c1. The lowest BCUT2D eigenvalue weighted by molar-refractivity contribution is -0.115. The van der Waals surface area contributed by atoms with Crippen LogP contribution in [0.5, 0.6) is 0 Å². The Morgan fingerprint density at radius 2 is 1.88 bits per heavy atom. The number of thiazole rings is 1. The van der Waals surface area contributed by atoms with Gasteiger partial charge in [-0.25, -0.2) is 13.4 Å². The third kappa shape index (κ3) is 5.09. The molecule has 0 saturated carbocycles. The van der Waals surface area contributed by atoms with E-state index in [2.05, 4.69) is 16.4 Å². The van der Waals surface area contributed by atoms with Crippen LogP contribution in [0.15, 0.2) is 52.7 Å². The zero-order valence-corrected chi connectivity index (χ0v) is 19.9. The molecule has 1 aliphatic rings. The van der Waals surface area contributed by atoms with E-state index in [1.807, 2.05) is 30.5 Å². The van der Waals surface area contributed by atoms with Crippen molar-refractivity contribution in [1.29, 1.82) is 0 Å². The number of benzene rings is 2. The summed E-state index contributed by atoms with van der Waals surface area (Å²) in [6.07, 6.45) is 2.95. The second kappa shape index (κ2) is 9.52. The molecule has 4 rings (SSSR count). The molecule has 1 fully saturated rings. The van der Waals surface area contributed by atoms with Gasteiger partial charge in [-0.2, -0.15) is 4.31 Å². The number of hydrogen-bond acceptors (Lipinski definition) is 5. The average molecular weight is 470 g/mol. The van der Waals surface area contributed by atoms with Gasteiger partial charge in [0.25, 0.3) is 0 Å². The van der Waals surface area contributed by atoms with E-state index in [1.165, 1.54) is 11.3 Å². The Hall–Kier alpha value is -2.55. The summed E-state index contributed by atoms with van der Waals surface area (Å²) in [6.45, 7) is 4.91. The van der Waals surface area contributed by atoms with Crippen molar-refractivity contribution in [2.75, 3.05) is 18.4 Å². The normalized spacial score (nSPS) is 14.9. The fourth-order valence-corrected chi connectivity index (χ4v) is 6.45. The third-order valence-electron chi connectivity index (χ3n) is 5.56. The summed E-state index contributed by atoms with van der Waals surface area (Å²) in [5, 5.41) is 5.60. The number of nitrogens with one attached hydrogen (secondary N) is 1. The summed E-state index contributed by atoms with van der Waals surface area (Å²) in [5.74, 6) is -0.226. The molecule has 2 heterocycles. The number of carbonyl (C=O) groups excluding carboxylic acids is 1. The molecule has 0 spiro atoms.